The minimum Gasteiger partial charge on any atom is -0.376 e. The lowest BCUT2D eigenvalue weighted by Crippen LogP contribution is -2.39. The predicted octanol–water partition coefficient (Wildman–Crippen LogP) is 4.09. The number of ether oxygens (including phenoxy) is 1. The van der Waals surface area contributed by atoms with Crippen molar-refractivity contribution in [2.45, 2.75) is 59.6 Å². The molecular formula is C17H29NO. The second-order valence-electron chi connectivity index (χ2n) is 6.26. The average molecular weight is 263 g/mol. The van der Waals surface area contributed by atoms with E-state index in [4.69, 9.17) is 10.5 Å². The van der Waals surface area contributed by atoms with E-state index in [0.29, 0.717) is 6.61 Å². The maximum atomic E-state index is 6.41. The van der Waals surface area contributed by atoms with E-state index < -0.39 is 0 Å². The van der Waals surface area contributed by atoms with Crippen molar-refractivity contribution in [2.24, 2.45) is 11.1 Å². The van der Waals surface area contributed by atoms with Gasteiger partial charge in [0.1, 0.15) is 0 Å². The molecule has 0 amide bonds. The van der Waals surface area contributed by atoms with Gasteiger partial charge in [0.15, 0.2) is 0 Å². The Bertz CT molecular complexity index is 364. The molecule has 2 nitrogen and oxygen atoms in total. The highest BCUT2D eigenvalue weighted by Crippen LogP contribution is 2.31. The van der Waals surface area contributed by atoms with E-state index in [1.807, 2.05) is 6.92 Å². The molecule has 108 valence electrons. The number of benzene rings is 1. The van der Waals surface area contributed by atoms with Crippen LogP contribution < -0.4 is 5.73 Å². The molecule has 0 aliphatic heterocycles. The van der Waals surface area contributed by atoms with Crippen LogP contribution in [0.1, 0.15) is 58.2 Å². The molecule has 0 heterocycles. The van der Waals surface area contributed by atoms with Crippen LogP contribution in [0.2, 0.25) is 0 Å². The SMILES string of the molecule is CCCc1ccc(C(N)C(OCC)C(C)(C)C)cc1. The zero-order valence-corrected chi connectivity index (χ0v) is 13.1. The quantitative estimate of drug-likeness (QED) is 0.839. The Labute approximate surface area is 118 Å². The molecule has 0 saturated heterocycles. The van der Waals surface area contributed by atoms with Crippen LogP contribution in [0.25, 0.3) is 0 Å². The summed E-state index contributed by atoms with van der Waals surface area (Å²) in [5.41, 5.74) is 8.99. The highest BCUT2D eigenvalue weighted by atomic mass is 16.5. The van der Waals surface area contributed by atoms with Gasteiger partial charge in [-0.1, -0.05) is 58.4 Å². The first kappa shape index (κ1) is 16.2. The van der Waals surface area contributed by atoms with E-state index in [0.717, 1.165) is 12.0 Å². The minimum atomic E-state index is -0.0735. The summed E-state index contributed by atoms with van der Waals surface area (Å²) in [4.78, 5) is 0. The molecule has 0 aromatic heterocycles. The molecule has 0 saturated carbocycles. The third-order valence-electron chi connectivity index (χ3n) is 3.43. The molecule has 0 fully saturated rings. The lowest BCUT2D eigenvalue weighted by Gasteiger charge is -2.35. The van der Waals surface area contributed by atoms with Crippen LogP contribution >= 0.6 is 0 Å². The maximum absolute atomic E-state index is 6.41. The van der Waals surface area contributed by atoms with Gasteiger partial charge in [-0.05, 0) is 29.9 Å². The van der Waals surface area contributed by atoms with Crippen molar-refractivity contribution in [1.29, 1.82) is 0 Å². The molecule has 1 aromatic carbocycles. The number of aryl methyl sites for hydroxylation is 1. The highest BCUT2D eigenvalue weighted by molar-refractivity contribution is 5.26. The lowest BCUT2D eigenvalue weighted by atomic mass is 9.82. The van der Waals surface area contributed by atoms with Gasteiger partial charge < -0.3 is 10.5 Å². The van der Waals surface area contributed by atoms with E-state index in [2.05, 4.69) is 52.0 Å². The molecule has 19 heavy (non-hydrogen) atoms. The Hall–Kier alpha value is -0.860. The number of nitrogens with two attached hydrogens (primary N) is 1. The van der Waals surface area contributed by atoms with Crippen molar-refractivity contribution in [3.05, 3.63) is 35.4 Å². The van der Waals surface area contributed by atoms with Crippen LogP contribution in [0, 0.1) is 5.41 Å². The summed E-state index contributed by atoms with van der Waals surface area (Å²) < 4.78 is 5.88. The van der Waals surface area contributed by atoms with Gasteiger partial charge in [-0.3, -0.25) is 0 Å². The lowest BCUT2D eigenvalue weighted by molar-refractivity contribution is -0.0283. The number of rotatable bonds is 6. The van der Waals surface area contributed by atoms with Crippen LogP contribution in [0.3, 0.4) is 0 Å². The summed E-state index contributed by atoms with van der Waals surface area (Å²) in [6, 6.07) is 8.59. The Morgan fingerprint density at radius 3 is 2.11 bits per heavy atom. The van der Waals surface area contributed by atoms with Gasteiger partial charge in [0, 0.05) is 6.61 Å². The van der Waals surface area contributed by atoms with Crippen molar-refractivity contribution in [3.8, 4) is 0 Å². The summed E-state index contributed by atoms with van der Waals surface area (Å²) >= 11 is 0. The fraction of sp³-hybridized carbons (Fsp3) is 0.647. The zero-order chi connectivity index (χ0) is 14.5. The smallest absolute Gasteiger partial charge is 0.0815 e. The van der Waals surface area contributed by atoms with Gasteiger partial charge in [0.2, 0.25) is 0 Å². The molecule has 1 rings (SSSR count). The predicted molar refractivity (Wildman–Crippen MR) is 82.2 cm³/mol. The molecule has 2 unspecified atom stereocenters. The summed E-state index contributed by atoms with van der Waals surface area (Å²) in [6.45, 7) is 11.5. The van der Waals surface area contributed by atoms with Gasteiger partial charge in [-0.2, -0.15) is 0 Å². The van der Waals surface area contributed by atoms with Crippen molar-refractivity contribution < 1.29 is 4.74 Å². The molecule has 0 bridgehead atoms. The molecule has 2 heteroatoms. The third-order valence-corrected chi connectivity index (χ3v) is 3.43. The molecule has 2 atom stereocenters. The Morgan fingerprint density at radius 1 is 1.11 bits per heavy atom. The van der Waals surface area contributed by atoms with Crippen LogP contribution in [0.5, 0.6) is 0 Å². The zero-order valence-electron chi connectivity index (χ0n) is 13.1. The highest BCUT2D eigenvalue weighted by Gasteiger charge is 2.31. The standard InChI is InChI=1S/C17H29NO/c1-6-8-13-9-11-14(12-10-13)15(18)16(19-7-2)17(3,4)5/h9-12,15-16H,6-8,18H2,1-5H3. The van der Waals surface area contributed by atoms with Crippen LogP contribution in [-0.4, -0.2) is 12.7 Å². The van der Waals surface area contributed by atoms with Gasteiger partial charge in [-0.15, -0.1) is 0 Å². The average Bonchev–Trinajstić information content (AvgIpc) is 2.35. The molecule has 0 aliphatic carbocycles. The fourth-order valence-electron chi connectivity index (χ4n) is 2.44. The van der Waals surface area contributed by atoms with Crippen molar-refractivity contribution in [1.82, 2.24) is 0 Å². The van der Waals surface area contributed by atoms with E-state index in [1.54, 1.807) is 0 Å². The van der Waals surface area contributed by atoms with Crippen LogP contribution in [0.15, 0.2) is 24.3 Å². The first-order chi connectivity index (χ1) is 8.90. The van der Waals surface area contributed by atoms with E-state index >= 15 is 0 Å². The second-order valence-corrected chi connectivity index (χ2v) is 6.26. The third kappa shape index (κ3) is 4.63. The largest absolute Gasteiger partial charge is 0.376 e. The molecule has 2 N–H and O–H groups in total. The first-order valence-electron chi connectivity index (χ1n) is 7.36. The van der Waals surface area contributed by atoms with E-state index in [-0.39, 0.29) is 17.6 Å². The topological polar surface area (TPSA) is 35.2 Å². The maximum Gasteiger partial charge on any atom is 0.0815 e. The molecule has 0 aliphatic rings. The Balaban J connectivity index is 2.87. The van der Waals surface area contributed by atoms with Gasteiger partial charge >= 0.3 is 0 Å². The fourth-order valence-corrected chi connectivity index (χ4v) is 2.44. The Kier molecular flexibility index (Phi) is 6.02. The summed E-state index contributed by atoms with van der Waals surface area (Å²) in [7, 11) is 0. The summed E-state index contributed by atoms with van der Waals surface area (Å²) in [6.07, 6.45) is 2.34. The van der Waals surface area contributed by atoms with Gasteiger partial charge in [-0.25, -0.2) is 0 Å². The monoisotopic (exact) mass is 263 g/mol. The van der Waals surface area contributed by atoms with Crippen molar-refractivity contribution in [3.63, 3.8) is 0 Å². The van der Waals surface area contributed by atoms with Crippen LogP contribution in [0.4, 0.5) is 0 Å². The molecular weight excluding hydrogens is 234 g/mol. The van der Waals surface area contributed by atoms with Crippen molar-refractivity contribution in [2.75, 3.05) is 6.61 Å². The van der Waals surface area contributed by atoms with Gasteiger partial charge in [0.05, 0.1) is 12.1 Å². The van der Waals surface area contributed by atoms with Crippen LogP contribution in [-0.2, 0) is 11.2 Å². The second kappa shape index (κ2) is 7.06. The summed E-state index contributed by atoms with van der Waals surface area (Å²) in [5, 5.41) is 0. The van der Waals surface area contributed by atoms with Crippen molar-refractivity contribution >= 4 is 0 Å². The van der Waals surface area contributed by atoms with Gasteiger partial charge in [0.25, 0.3) is 0 Å². The normalized spacial score (nSPS) is 15.3. The summed E-state index contributed by atoms with van der Waals surface area (Å²) in [5.74, 6) is 0. The number of hydrogen-bond acceptors (Lipinski definition) is 2. The minimum absolute atomic E-state index is 0.0366. The molecule has 1 aromatic rings. The van der Waals surface area contributed by atoms with E-state index in [9.17, 15) is 0 Å². The van der Waals surface area contributed by atoms with E-state index in [1.165, 1.54) is 12.0 Å². The molecule has 0 spiro atoms. The first-order valence-corrected chi connectivity index (χ1v) is 7.36. The molecule has 0 radical (unpaired) electrons. The number of hydrogen-bond donors (Lipinski definition) is 1. The Morgan fingerprint density at radius 2 is 1.68 bits per heavy atom.